The lowest BCUT2D eigenvalue weighted by Gasteiger charge is -2.33. The molecule has 0 aliphatic carbocycles. The average molecular weight is 310 g/mol. The minimum atomic E-state index is -5.41. The van der Waals surface area contributed by atoms with E-state index in [2.05, 4.69) is 9.97 Å². The first-order chi connectivity index (χ1) is 9.61. The van der Waals surface area contributed by atoms with E-state index in [1.54, 1.807) is 6.07 Å². The smallest absolute Gasteiger partial charge is 0.355 e. The maximum Gasteiger partial charge on any atom is 0.404 e. The van der Waals surface area contributed by atoms with Gasteiger partial charge in [-0.05, 0) is 12.5 Å². The average Bonchev–Trinajstić information content (AvgIpc) is 2.84. The van der Waals surface area contributed by atoms with Crippen LogP contribution in [0.3, 0.4) is 0 Å². The molecule has 2 rings (SSSR count). The van der Waals surface area contributed by atoms with Crippen molar-refractivity contribution in [1.29, 1.82) is 5.26 Å². The maximum absolute atomic E-state index is 12.9. The molecule has 1 aliphatic rings. The summed E-state index contributed by atoms with van der Waals surface area (Å²) in [5.41, 5.74) is -3.78. The van der Waals surface area contributed by atoms with Crippen molar-refractivity contribution in [3.63, 3.8) is 0 Å². The van der Waals surface area contributed by atoms with Crippen LogP contribution in [0.5, 0.6) is 0 Å². The molecule has 1 saturated heterocycles. The molecule has 0 spiro atoms. The molecule has 0 radical (unpaired) electrons. The van der Waals surface area contributed by atoms with E-state index in [0.29, 0.717) is 0 Å². The first-order valence-corrected chi connectivity index (χ1v) is 5.72. The van der Waals surface area contributed by atoms with Crippen molar-refractivity contribution in [2.45, 2.75) is 18.8 Å². The summed E-state index contributed by atoms with van der Waals surface area (Å²) in [6.45, 7) is -1.73. The van der Waals surface area contributed by atoms with Gasteiger partial charge < -0.3 is 4.90 Å². The van der Waals surface area contributed by atoms with Crippen LogP contribution in [0.25, 0.3) is 0 Å². The molecule has 0 atom stereocenters. The molecule has 0 N–H and O–H groups in total. The molecule has 4 nitrogen and oxygen atoms in total. The molecule has 1 aromatic rings. The van der Waals surface area contributed by atoms with E-state index in [-0.39, 0.29) is 11.6 Å². The van der Waals surface area contributed by atoms with Crippen LogP contribution >= 0.6 is 0 Å². The standard InChI is InChI=1S/C11H8F6N4/c12-10(13,14)9(11(15,16)17)2-4-21(6-9)8-1-3-19-7(5-18)20-8/h1,3H,2,4,6H2. The molecule has 0 bridgehead atoms. The molecular formula is C11H8F6N4. The van der Waals surface area contributed by atoms with Gasteiger partial charge in [0.05, 0.1) is 0 Å². The zero-order chi connectivity index (χ0) is 15.9. The van der Waals surface area contributed by atoms with E-state index in [1.807, 2.05) is 0 Å². The van der Waals surface area contributed by atoms with Crippen LogP contribution in [0.15, 0.2) is 12.3 Å². The highest BCUT2D eigenvalue weighted by atomic mass is 19.4. The minimum Gasteiger partial charge on any atom is -0.355 e. The Labute approximate surface area is 115 Å². The number of anilines is 1. The van der Waals surface area contributed by atoms with E-state index in [0.717, 1.165) is 11.1 Å². The summed E-state index contributed by atoms with van der Waals surface area (Å²) in [5.74, 6) is -0.444. The van der Waals surface area contributed by atoms with Crippen LogP contribution in [0.2, 0.25) is 0 Å². The minimum absolute atomic E-state index is 0.128. The summed E-state index contributed by atoms with van der Waals surface area (Å²) in [5, 5.41) is 8.61. The van der Waals surface area contributed by atoms with Crippen molar-refractivity contribution in [2.24, 2.45) is 5.41 Å². The van der Waals surface area contributed by atoms with Gasteiger partial charge in [0, 0.05) is 19.3 Å². The Kier molecular flexibility index (Phi) is 3.47. The molecule has 1 aromatic heterocycles. The Morgan fingerprint density at radius 3 is 2.29 bits per heavy atom. The van der Waals surface area contributed by atoms with Crippen LogP contribution in [0.4, 0.5) is 32.2 Å². The van der Waals surface area contributed by atoms with Gasteiger partial charge in [0.15, 0.2) is 5.41 Å². The van der Waals surface area contributed by atoms with Gasteiger partial charge in [-0.25, -0.2) is 9.97 Å². The van der Waals surface area contributed by atoms with Gasteiger partial charge in [-0.15, -0.1) is 0 Å². The van der Waals surface area contributed by atoms with Crippen molar-refractivity contribution in [3.8, 4) is 6.07 Å². The number of rotatable bonds is 1. The molecule has 0 unspecified atom stereocenters. The number of halogens is 6. The van der Waals surface area contributed by atoms with Crippen LogP contribution in [-0.2, 0) is 0 Å². The van der Waals surface area contributed by atoms with Crippen LogP contribution < -0.4 is 4.90 Å². The summed E-state index contributed by atoms with van der Waals surface area (Å²) in [6.07, 6.45) is -10.8. The van der Waals surface area contributed by atoms with E-state index in [9.17, 15) is 26.3 Å². The highest BCUT2D eigenvalue weighted by molar-refractivity contribution is 5.41. The number of hydrogen-bond donors (Lipinski definition) is 0. The van der Waals surface area contributed by atoms with Crippen molar-refractivity contribution in [2.75, 3.05) is 18.0 Å². The highest BCUT2D eigenvalue weighted by Gasteiger charge is 2.72. The van der Waals surface area contributed by atoms with Gasteiger partial charge in [-0.3, -0.25) is 0 Å². The lowest BCUT2D eigenvalue weighted by Crippen LogP contribution is -2.51. The summed E-state index contributed by atoms with van der Waals surface area (Å²) in [7, 11) is 0. The molecular weight excluding hydrogens is 302 g/mol. The maximum atomic E-state index is 12.9. The number of hydrogen-bond acceptors (Lipinski definition) is 4. The second-order valence-corrected chi connectivity index (χ2v) is 4.60. The first-order valence-electron chi connectivity index (χ1n) is 5.72. The molecule has 0 saturated carbocycles. The Morgan fingerprint density at radius 1 is 1.19 bits per heavy atom. The van der Waals surface area contributed by atoms with Gasteiger partial charge in [0.25, 0.3) is 0 Å². The Bertz CT molecular complexity index is 559. The van der Waals surface area contributed by atoms with Crippen LogP contribution in [0.1, 0.15) is 12.2 Å². The third-order valence-electron chi connectivity index (χ3n) is 3.42. The number of aromatic nitrogens is 2. The fraction of sp³-hybridized carbons (Fsp3) is 0.545. The first kappa shape index (κ1) is 15.3. The van der Waals surface area contributed by atoms with Crippen molar-refractivity contribution in [1.82, 2.24) is 9.97 Å². The zero-order valence-electron chi connectivity index (χ0n) is 10.3. The third kappa shape index (κ3) is 2.48. The number of alkyl halides is 6. The van der Waals surface area contributed by atoms with Gasteiger partial charge in [-0.1, -0.05) is 0 Å². The number of nitrogens with zero attached hydrogens (tertiary/aromatic N) is 4. The van der Waals surface area contributed by atoms with Crippen molar-refractivity contribution < 1.29 is 26.3 Å². The quantitative estimate of drug-likeness (QED) is 0.748. The highest BCUT2D eigenvalue weighted by Crippen LogP contribution is 2.55. The van der Waals surface area contributed by atoms with Gasteiger partial charge in [-0.2, -0.15) is 31.6 Å². The van der Waals surface area contributed by atoms with Crippen molar-refractivity contribution >= 4 is 5.82 Å². The summed E-state index contributed by atoms with van der Waals surface area (Å²) < 4.78 is 77.5. The predicted octanol–water partition coefficient (Wildman–Crippen LogP) is 2.67. The molecule has 1 aliphatic heterocycles. The number of nitriles is 1. The Hall–Kier alpha value is -2.05. The second-order valence-electron chi connectivity index (χ2n) is 4.60. The van der Waals surface area contributed by atoms with E-state index < -0.39 is 37.3 Å². The molecule has 2 heterocycles. The van der Waals surface area contributed by atoms with Crippen molar-refractivity contribution in [3.05, 3.63) is 18.1 Å². The largest absolute Gasteiger partial charge is 0.404 e. The monoisotopic (exact) mass is 310 g/mol. The summed E-state index contributed by atoms with van der Waals surface area (Å²) >= 11 is 0. The molecule has 0 aromatic carbocycles. The van der Waals surface area contributed by atoms with E-state index in [1.165, 1.54) is 6.07 Å². The lowest BCUT2D eigenvalue weighted by molar-refractivity contribution is -0.332. The third-order valence-corrected chi connectivity index (χ3v) is 3.42. The van der Waals surface area contributed by atoms with E-state index in [4.69, 9.17) is 5.26 Å². The Balaban J connectivity index is 2.35. The van der Waals surface area contributed by atoms with E-state index >= 15 is 0 Å². The van der Waals surface area contributed by atoms with Gasteiger partial charge in [0.2, 0.25) is 5.82 Å². The Morgan fingerprint density at radius 2 is 1.81 bits per heavy atom. The predicted molar refractivity (Wildman–Crippen MR) is 58.1 cm³/mol. The molecule has 0 amide bonds. The van der Waals surface area contributed by atoms with Gasteiger partial charge in [0.1, 0.15) is 11.9 Å². The zero-order valence-corrected chi connectivity index (χ0v) is 10.3. The fourth-order valence-electron chi connectivity index (χ4n) is 2.21. The normalized spacial score (nSPS) is 18.6. The lowest BCUT2D eigenvalue weighted by atomic mass is 9.85. The molecule has 21 heavy (non-hydrogen) atoms. The fourth-order valence-corrected chi connectivity index (χ4v) is 2.21. The van der Waals surface area contributed by atoms with Crippen LogP contribution in [-0.4, -0.2) is 35.4 Å². The SMILES string of the molecule is N#Cc1nccc(N2CCC(C(F)(F)F)(C(F)(F)F)C2)n1. The molecule has 114 valence electrons. The second kappa shape index (κ2) is 4.75. The topological polar surface area (TPSA) is 52.8 Å². The van der Waals surface area contributed by atoms with Gasteiger partial charge >= 0.3 is 12.4 Å². The molecule has 1 fully saturated rings. The van der Waals surface area contributed by atoms with Crippen LogP contribution in [0, 0.1) is 16.7 Å². The summed E-state index contributed by atoms with van der Waals surface area (Å²) in [6, 6.07) is 2.75. The summed E-state index contributed by atoms with van der Waals surface area (Å²) in [4.78, 5) is 8.01. The molecule has 10 heteroatoms.